The number of imide groups is 1. The predicted molar refractivity (Wildman–Crippen MR) is 158 cm³/mol. The summed E-state index contributed by atoms with van der Waals surface area (Å²) in [5.74, 6) is -0.864. The van der Waals surface area contributed by atoms with Crippen molar-refractivity contribution in [3.63, 3.8) is 0 Å². The third kappa shape index (κ3) is 11.6. The van der Waals surface area contributed by atoms with Crippen LogP contribution in [-0.2, 0) is 28.5 Å². The van der Waals surface area contributed by atoms with Gasteiger partial charge in [-0.2, -0.15) is 0 Å². The molecule has 1 aliphatic carbocycles. The molecular formula is C29H51N5O9. The summed E-state index contributed by atoms with van der Waals surface area (Å²) in [6.07, 6.45) is 0.684. The van der Waals surface area contributed by atoms with Gasteiger partial charge in [0, 0.05) is 26.1 Å². The number of amides is 5. The van der Waals surface area contributed by atoms with Gasteiger partial charge in [-0.1, -0.05) is 25.5 Å². The molecule has 2 aliphatic rings. The van der Waals surface area contributed by atoms with E-state index in [1.54, 1.807) is 19.1 Å². The molecule has 0 aromatic heterocycles. The van der Waals surface area contributed by atoms with Crippen molar-refractivity contribution in [2.45, 2.75) is 83.8 Å². The summed E-state index contributed by atoms with van der Waals surface area (Å²) in [6.45, 7) is 13.2. The average molecular weight is 614 g/mol. The Morgan fingerprint density at radius 2 is 1.86 bits per heavy atom. The van der Waals surface area contributed by atoms with E-state index >= 15 is 0 Å². The minimum atomic E-state index is -0.936. The van der Waals surface area contributed by atoms with Gasteiger partial charge in [-0.15, -0.1) is 0 Å². The predicted octanol–water partition coefficient (Wildman–Crippen LogP) is 1.91. The van der Waals surface area contributed by atoms with E-state index in [-0.39, 0.29) is 37.1 Å². The number of likely N-dealkylation sites (N-methyl/N-ethyl adjacent to an activating group) is 1. The SMILES string of the molecule is COC1C(OC(=O)N[C@@H](COC(=O)NC(=O)CN(C)CCNC(N)=O)C(C)C)CC[C@]2(CO2)C1C(C)(C)OCC=C(C)C. The van der Waals surface area contributed by atoms with Crippen molar-refractivity contribution in [3.05, 3.63) is 11.6 Å². The van der Waals surface area contributed by atoms with Crippen LogP contribution in [0.1, 0.15) is 54.4 Å². The van der Waals surface area contributed by atoms with Crippen LogP contribution in [-0.4, -0.2) is 112 Å². The number of epoxide rings is 1. The monoisotopic (exact) mass is 613 g/mol. The van der Waals surface area contributed by atoms with Crippen molar-refractivity contribution >= 4 is 24.1 Å². The number of alkyl carbamates (subject to hydrolysis) is 2. The number of nitrogens with two attached hydrogens (primary N) is 1. The van der Waals surface area contributed by atoms with E-state index in [9.17, 15) is 19.2 Å². The second-order valence-corrected chi connectivity index (χ2v) is 12.4. The van der Waals surface area contributed by atoms with Crippen LogP contribution in [0.4, 0.5) is 14.4 Å². The van der Waals surface area contributed by atoms with Crippen molar-refractivity contribution in [3.8, 4) is 0 Å². The number of allylic oxidation sites excluding steroid dienone is 1. The number of methoxy groups -OCH3 is 1. The minimum absolute atomic E-state index is 0.0973. The summed E-state index contributed by atoms with van der Waals surface area (Å²) in [4.78, 5) is 49.7. The molecule has 1 heterocycles. The number of hydrogen-bond donors (Lipinski definition) is 4. The molecule has 3 unspecified atom stereocenters. The van der Waals surface area contributed by atoms with E-state index < -0.39 is 48.0 Å². The first-order chi connectivity index (χ1) is 20.1. The van der Waals surface area contributed by atoms with Crippen LogP contribution < -0.4 is 21.7 Å². The highest BCUT2D eigenvalue weighted by molar-refractivity contribution is 5.92. The van der Waals surface area contributed by atoms with E-state index in [2.05, 4.69) is 16.0 Å². The summed E-state index contributed by atoms with van der Waals surface area (Å²) in [6, 6.07) is -1.23. The number of rotatable bonds is 15. The molecule has 43 heavy (non-hydrogen) atoms. The highest BCUT2D eigenvalue weighted by Crippen LogP contribution is 2.52. The number of ether oxygens (including phenoxy) is 5. The van der Waals surface area contributed by atoms with Crippen molar-refractivity contribution < 1.29 is 42.9 Å². The second kappa shape index (κ2) is 16.2. The van der Waals surface area contributed by atoms with E-state index in [1.165, 1.54) is 0 Å². The normalized spacial score (nSPS) is 23.8. The van der Waals surface area contributed by atoms with Gasteiger partial charge < -0.3 is 40.1 Å². The Morgan fingerprint density at radius 1 is 1.19 bits per heavy atom. The maximum absolute atomic E-state index is 13.0. The molecule has 1 aliphatic heterocycles. The molecule has 5 atom stereocenters. The number of nitrogens with one attached hydrogen (secondary N) is 3. The quantitative estimate of drug-likeness (QED) is 0.157. The van der Waals surface area contributed by atoms with Crippen molar-refractivity contribution in [1.29, 1.82) is 0 Å². The van der Waals surface area contributed by atoms with Crippen molar-refractivity contribution in [2.75, 3.05) is 53.6 Å². The zero-order valence-corrected chi connectivity index (χ0v) is 26.8. The molecule has 1 saturated carbocycles. The molecule has 5 N–H and O–H groups in total. The smallest absolute Gasteiger partial charge is 0.413 e. The number of hydrogen-bond acceptors (Lipinski definition) is 10. The Kier molecular flexibility index (Phi) is 13.7. The topological polar surface area (TPSA) is 183 Å². The Hall–Kier alpha value is -2.94. The van der Waals surface area contributed by atoms with Gasteiger partial charge in [-0.25, -0.2) is 14.4 Å². The minimum Gasteiger partial charge on any atom is -0.447 e. The Labute approximate surface area is 254 Å². The first-order valence-electron chi connectivity index (χ1n) is 14.7. The fourth-order valence-electron chi connectivity index (χ4n) is 5.37. The van der Waals surface area contributed by atoms with Crippen LogP contribution in [0.15, 0.2) is 11.6 Å². The second-order valence-electron chi connectivity index (χ2n) is 12.4. The lowest BCUT2D eigenvalue weighted by Gasteiger charge is -2.47. The highest BCUT2D eigenvalue weighted by atomic mass is 16.6. The molecule has 1 spiro atoms. The van der Waals surface area contributed by atoms with E-state index in [0.29, 0.717) is 32.6 Å². The van der Waals surface area contributed by atoms with Crippen LogP contribution in [0.25, 0.3) is 0 Å². The first-order valence-corrected chi connectivity index (χ1v) is 14.7. The lowest BCUT2D eigenvalue weighted by molar-refractivity contribution is -0.172. The zero-order valence-electron chi connectivity index (χ0n) is 26.8. The van der Waals surface area contributed by atoms with Crippen molar-refractivity contribution in [2.24, 2.45) is 17.6 Å². The van der Waals surface area contributed by atoms with Crippen molar-refractivity contribution in [1.82, 2.24) is 20.9 Å². The summed E-state index contributed by atoms with van der Waals surface area (Å²) < 4.78 is 29.2. The number of carbonyl (C=O) groups is 4. The molecule has 2 fully saturated rings. The third-order valence-electron chi connectivity index (χ3n) is 7.81. The Bertz CT molecular complexity index is 995. The van der Waals surface area contributed by atoms with Gasteiger partial charge >= 0.3 is 18.2 Å². The van der Waals surface area contributed by atoms with Crippen LogP contribution in [0, 0.1) is 11.8 Å². The average Bonchev–Trinajstić information content (AvgIpc) is 3.65. The summed E-state index contributed by atoms with van der Waals surface area (Å²) in [5.41, 5.74) is 5.18. The molecule has 0 aromatic carbocycles. The molecular weight excluding hydrogens is 562 g/mol. The van der Waals surface area contributed by atoms with Gasteiger partial charge in [0.05, 0.1) is 37.0 Å². The third-order valence-corrected chi connectivity index (χ3v) is 7.81. The van der Waals surface area contributed by atoms with Gasteiger partial charge in [0.25, 0.3) is 0 Å². The summed E-state index contributed by atoms with van der Waals surface area (Å²) in [5, 5.41) is 7.35. The van der Waals surface area contributed by atoms with Crippen LogP contribution in [0.3, 0.4) is 0 Å². The standard InChI is InChI=1S/C29H51N5O9/c1-18(2)10-14-41-28(5,6)24-23(39-8)21(9-11-29(24)17-42-29)43-27(38)32-20(19(3)4)16-40-26(37)33-22(35)15-34(7)13-12-31-25(30)36/h10,19-21,23-24H,9,11-17H2,1-8H3,(H,32,38)(H3,30,31,36)(H,33,35,37)/t20-,21?,23?,24?,29-/m0/s1. The number of carbonyl (C=O) groups excluding carboxylic acids is 4. The van der Waals surface area contributed by atoms with E-state index in [4.69, 9.17) is 29.4 Å². The summed E-state index contributed by atoms with van der Waals surface area (Å²) in [7, 11) is 3.25. The molecule has 5 amide bonds. The van der Waals surface area contributed by atoms with Gasteiger partial charge in [0.15, 0.2) is 0 Å². The maximum atomic E-state index is 13.0. The molecule has 0 bridgehead atoms. The van der Waals surface area contributed by atoms with Gasteiger partial charge in [0.2, 0.25) is 5.91 Å². The van der Waals surface area contributed by atoms with E-state index in [1.807, 2.05) is 47.6 Å². The number of nitrogens with zero attached hydrogens (tertiary/aromatic N) is 1. The zero-order chi connectivity index (χ0) is 32.4. The number of primary amides is 1. The lowest BCUT2D eigenvalue weighted by atomic mass is 9.68. The van der Waals surface area contributed by atoms with Gasteiger partial charge in [0.1, 0.15) is 18.8 Å². The Morgan fingerprint density at radius 3 is 2.42 bits per heavy atom. The van der Waals surface area contributed by atoms with E-state index in [0.717, 1.165) is 5.57 Å². The maximum Gasteiger partial charge on any atom is 0.413 e. The molecule has 246 valence electrons. The molecule has 0 radical (unpaired) electrons. The van der Waals surface area contributed by atoms with Crippen LogP contribution >= 0.6 is 0 Å². The number of urea groups is 1. The van der Waals surface area contributed by atoms with Gasteiger partial charge in [-0.3, -0.25) is 15.0 Å². The fourth-order valence-corrected chi connectivity index (χ4v) is 5.37. The molecule has 0 aromatic rings. The van der Waals surface area contributed by atoms with Gasteiger partial charge in [-0.05, 0) is 53.5 Å². The highest BCUT2D eigenvalue weighted by Gasteiger charge is 2.64. The molecule has 1 saturated heterocycles. The molecule has 14 heteroatoms. The Balaban J connectivity index is 1.91. The largest absolute Gasteiger partial charge is 0.447 e. The lowest BCUT2D eigenvalue weighted by Crippen LogP contribution is -2.59. The van der Waals surface area contributed by atoms with Crippen LogP contribution in [0.2, 0.25) is 0 Å². The molecule has 2 rings (SSSR count). The fraction of sp³-hybridized carbons (Fsp3) is 0.793. The first kappa shape index (κ1) is 36.3. The van der Waals surface area contributed by atoms with Crippen LogP contribution in [0.5, 0.6) is 0 Å². The summed E-state index contributed by atoms with van der Waals surface area (Å²) >= 11 is 0. The molecule has 14 nitrogen and oxygen atoms in total.